The van der Waals surface area contributed by atoms with Gasteiger partial charge in [0.05, 0.1) is 11.4 Å². The number of methoxy groups -OCH3 is 1. The first-order valence-corrected chi connectivity index (χ1v) is 12.2. The van der Waals surface area contributed by atoms with E-state index in [-0.39, 0.29) is 11.2 Å². The summed E-state index contributed by atoms with van der Waals surface area (Å²) in [6, 6.07) is 7.73. The van der Waals surface area contributed by atoms with Crippen molar-refractivity contribution in [1.29, 1.82) is 0 Å². The van der Waals surface area contributed by atoms with Crippen molar-refractivity contribution >= 4 is 21.7 Å². The lowest BCUT2D eigenvalue weighted by Crippen LogP contribution is -2.43. The average Bonchev–Trinajstić information content (AvgIpc) is 3.12. The third-order valence-electron chi connectivity index (χ3n) is 6.00. The van der Waals surface area contributed by atoms with Crippen molar-refractivity contribution in [3.8, 4) is 0 Å². The summed E-state index contributed by atoms with van der Waals surface area (Å²) in [4.78, 5) is 4.74. The summed E-state index contributed by atoms with van der Waals surface area (Å²) in [5.74, 6) is 0.730. The van der Waals surface area contributed by atoms with Gasteiger partial charge in [0.15, 0.2) is 5.96 Å². The van der Waals surface area contributed by atoms with Gasteiger partial charge in [-0.3, -0.25) is 9.30 Å². The maximum absolute atomic E-state index is 12.8. The van der Waals surface area contributed by atoms with E-state index in [1.165, 1.54) is 19.3 Å². The molecule has 2 N–H and O–H groups in total. The first kappa shape index (κ1) is 21.9. The summed E-state index contributed by atoms with van der Waals surface area (Å²) in [5.41, 5.74) is 2.16. The number of anilines is 1. The van der Waals surface area contributed by atoms with E-state index in [1.807, 2.05) is 31.2 Å². The molecule has 1 aromatic rings. The van der Waals surface area contributed by atoms with Gasteiger partial charge in [-0.05, 0) is 49.7 Å². The van der Waals surface area contributed by atoms with Crippen LogP contribution in [-0.4, -0.2) is 60.0 Å². The number of rotatable bonds is 10. The number of para-hydroxylation sites is 1. The number of sulfonamides is 1. The Hall–Kier alpha value is -1.80. The highest BCUT2D eigenvalue weighted by molar-refractivity contribution is 7.92. The molecule has 0 radical (unpaired) electrons. The SMILES string of the molecule is CCNC(=NCC1(CCOC)CCC1)NCCS(=O)(=O)N1CCc2ccccc21. The second kappa shape index (κ2) is 9.80. The largest absolute Gasteiger partial charge is 0.385 e. The standard InChI is InChI=1S/C21H34N4O3S/c1-3-22-20(24-17-21(10-6-11-21)12-15-28-2)23-13-16-29(26,27)25-14-9-18-7-4-5-8-19(18)25/h4-5,7-8H,3,6,9-17H2,1-2H3,(H2,22,23,24). The minimum Gasteiger partial charge on any atom is -0.385 e. The third kappa shape index (κ3) is 5.42. The van der Waals surface area contributed by atoms with Crippen LogP contribution in [0.1, 0.15) is 38.2 Å². The fraction of sp³-hybridized carbons (Fsp3) is 0.667. The average molecular weight is 423 g/mol. The quantitative estimate of drug-likeness (QED) is 0.446. The smallest absolute Gasteiger partial charge is 0.236 e. The van der Waals surface area contributed by atoms with Gasteiger partial charge >= 0.3 is 0 Å². The summed E-state index contributed by atoms with van der Waals surface area (Å²) < 4.78 is 32.5. The molecule has 3 rings (SSSR count). The summed E-state index contributed by atoms with van der Waals surface area (Å²) in [5, 5.41) is 6.43. The van der Waals surface area contributed by atoms with Crippen LogP contribution in [-0.2, 0) is 21.2 Å². The summed E-state index contributed by atoms with van der Waals surface area (Å²) in [6.45, 7) is 5.12. The van der Waals surface area contributed by atoms with E-state index in [9.17, 15) is 8.42 Å². The first-order chi connectivity index (χ1) is 14.0. The molecule has 0 unspecified atom stereocenters. The van der Waals surface area contributed by atoms with Crippen LogP contribution in [0.15, 0.2) is 29.3 Å². The molecule has 1 aliphatic carbocycles. The summed E-state index contributed by atoms with van der Waals surface area (Å²) >= 11 is 0. The van der Waals surface area contributed by atoms with Gasteiger partial charge in [0.2, 0.25) is 10.0 Å². The number of guanidine groups is 1. The molecular formula is C21H34N4O3S. The lowest BCUT2D eigenvalue weighted by atomic mass is 9.67. The number of nitrogens with zero attached hydrogens (tertiary/aromatic N) is 2. The molecule has 0 amide bonds. The van der Waals surface area contributed by atoms with E-state index < -0.39 is 10.0 Å². The van der Waals surface area contributed by atoms with E-state index in [4.69, 9.17) is 9.73 Å². The zero-order chi connectivity index (χ0) is 20.7. The summed E-state index contributed by atoms with van der Waals surface area (Å²) in [6.07, 6.45) is 5.41. The minimum atomic E-state index is -3.36. The Morgan fingerprint density at radius 1 is 1.28 bits per heavy atom. The van der Waals surface area contributed by atoms with Gasteiger partial charge in [0.1, 0.15) is 0 Å². The lowest BCUT2D eigenvalue weighted by Gasteiger charge is -2.40. The van der Waals surface area contributed by atoms with E-state index in [2.05, 4.69) is 10.6 Å². The topological polar surface area (TPSA) is 83.0 Å². The van der Waals surface area contributed by atoms with Crippen LogP contribution in [0, 0.1) is 5.41 Å². The second-order valence-corrected chi connectivity index (χ2v) is 10.00. The van der Waals surface area contributed by atoms with E-state index in [0.29, 0.717) is 19.0 Å². The van der Waals surface area contributed by atoms with Crippen molar-refractivity contribution in [1.82, 2.24) is 10.6 Å². The molecule has 0 aromatic heterocycles. The number of ether oxygens (including phenoxy) is 1. The molecule has 29 heavy (non-hydrogen) atoms. The Labute approximate surface area is 175 Å². The van der Waals surface area contributed by atoms with Gasteiger partial charge in [-0.2, -0.15) is 0 Å². The van der Waals surface area contributed by atoms with Gasteiger partial charge in [0.25, 0.3) is 0 Å². The minimum absolute atomic E-state index is 0.0422. The molecule has 0 atom stereocenters. The molecule has 1 saturated carbocycles. The van der Waals surface area contributed by atoms with Crippen molar-refractivity contribution in [3.63, 3.8) is 0 Å². The molecular weight excluding hydrogens is 388 g/mol. The third-order valence-corrected chi connectivity index (χ3v) is 7.77. The predicted molar refractivity (Wildman–Crippen MR) is 118 cm³/mol. The summed E-state index contributed by atoms with van der Waals surface area (Å²) in [7, 11) is -1.62. The van der Waals surface area contributed by atoms with Crippen molar-refractivity contribution in [3.05, 3.63) is 29.8 Å². The molecule has 1 heterocycles. The van der Waals surface area contributed by atoms with Crippen LogP contribution in [0.5, 0.6) is 0 Å². The molecule has 0 spiro atoms. The monoisotopic (exact) mass is 422 g/mol. The van der Waals surface area contributed by atoms with Crippen LogP contribution in [0.4, 0.5) is 5.69 Å². The van der Waals surface area contributed by atoms with Crippen LogP contribution in [0.25, 0.3) is 0 Å². The highest BCUT2D eigenvalue weighted by Crippen LogP contribution is 2.44. The predicted octanol–water partition coefficient (Wildman–Crippen LogP) is 2.14. The van der Waals surface area contributed by atoms with Gasteiger partial charge < -0.3 is 15.4 Å². The van der Waals surface area contributed by atoms with E-state index in [0.717, 1.165) is 43.8 Å². The van der Waals surface area contributed by atoms with E-state index >= 15 is 0 Å². The highest BCUT2D eigenvalue weighted by atomic mass is 32.2. The number of hydrogen-bond donors (Lipinski definition) is 2. The Bertz CT molecular complexity index is 806. The Balaban J connectivity index is 1.55. The zero-order valence-corrected chi connectivity index (χ0v) is 18.4. The molecule has 0 bridgehead atoms. The lowest BCUT2D eigenvalue weighted by molar-refractivity contribution is 0.0778. The highest BCUT2D eigenvalue weighted by Gasteiger charge is 2.36. The molecule has 0 saturated heterocycles. The number of aliphatic imine (C=N–C) groups is 1. The van der Waals surface area contributed by atoms with Crippen molar-refractivity contribution < 1.29 is 13.2 Å². The van der Waals surface area contributed by atoms with Gasteiger partial charge in [-0.1, -0.05) is 24.6 Å². The van der Waals surface area contributed by atoms with Crippen molar-refractivity contribution in [2.45, 2.75) is 39.0 Å². The Morgan fingerprint density at radius 3 is 2.76 bits per heavy atom. The number of nitrogens with one attached hydrogen (secondary N) is 2. The molecule has 1 fully saturated rings. The number of fused-ring (bicyclic) bond motifs is 1. The molecule has 7 nitrogen and oxygen atoms in total. The van der Waals surface area contributed by atoms with Crippen LogP contribution in [0.3, 0.4) is 0 Å². The van der Waals surface area contributed by atoms with Crippen molar-refractivity contribution in [2.75, 3.05) is 50.0 Å². The Morgan fingerprint density at radius 2 is 2.07 bits per heavy atom. The van der Waals surface area contributed by atoms with Crippen LogP contribution in [0.2, 0.25) is 0 Å². The maximum Gasteiger partial charge on any atom is 0.236 e. The molecule has 162 valence electrons. The second-order valence-electron chi connectivity index (χ2n) is 7.99. The van der Waals surface area contributed by atoms with Crippen LogP contribution >= 0.6 is 0 Å². The molecule has 8 heteroatoms. The number of hydrogen-bond acceptors (Lipinski definition) is 4. The zero-order valence-electron chi connectivity index (χ0n) is 17.6. The first-order valence-electron chi connectivity index (χ1n) is 10.6. The van der Waals surface area contributed by atoms with Crippen LogP contribution < -0.4 is 14.9 Å². The van der Waals surface area contributed by atoms with Gasteiger partial charge in [-0.15, -0.1) is 0 Å². The molecule has 2 aliphatic rings. The normalized spacial score (nSPS) is 18.3. The molecule has 1 aromatic carbocycles. The fourth-order valence-corrected chi connectivity index (χ4v) is 5.50. The van der Waals surface area contributed by atoms with Gasteiger partial charge in [-0.25, -0.2) is 8.42 Å². The van der Waals surface area contributed by atoms with E-state index in [1.54, 1.807) is 11.4 Å². The maximum atomic E-state index is 12.8. The Kier molecular flexibility index (Phi) is 7.40. The molecule has 1 aliphatic heterocycles. The number of benzene rings is 1. The fourth-order valence-electron chi connectivity index (χ4n) is 4.08. The van der Waals surface area contributed by atoms with Gasteiger partial charge in [0, 0.05) is 39.9 Å². The van der Waals surface area contributed by atoms with Crippen molar-refractivity contribution in [2.24, 2.45) is 10.4 Å².